The normalized spacial score (nSPS) is 18.2. The highest BCUT2D eigenvalue weighted by molar-refractivity contribution is 7.10. The highest BCUT2D eigenvalue weighted by Gasteiger charge is 2.25. The summed E-state index contributed by atoms with van der Waals surface area (Å²) >= 11 is 1.71. The number of hydrogen-bond acceptors (Lipinski definition) is 2. The predicted octanol–water partition coefficient (Wildman–Crippen LogP) is 4.44. The van der Waals surface area contributed by atoms with Crippen LogP contribution in [0.15, 0.2) is 41.8 Å². The zero-order valence-corrected chi connectivity index (χ0v) is 13.2. The molecule has 0 bridgehead atoms. The van der Waals surface area contributed by atoms with Crippen LogP contribution in [-0.4, -0.2) is 5.91 Å². The van der Waals surface area contributed by atoms with E-state index < -0.39 is 0 Å². The molecule has 0 saturated heterocycles. The Hall–Kier alpha value is -1.61. The lowest BCUT2D eigenvalue weighted by molar-refractivity contribution is -0.122. The smallest absolute Gasteiger partial charge is 0.221 e. The number of fused-ring (bicyclic) bond motifs is 1. The van der Waals surface area contributed by atoms with E-state index in [1.165, 1.54) is 16.0 Å². The molecule has 1 heterocycles. The van der Waals surface area contributed by atoms with Crippen LogP contribution in [-0.2, 0) is 11.2 Å². The van der Waals surface area contributed by atoms with Crippen LogP contribution in [0.25, 0.3) is 0 Å². The van der Waals surface area contributed by atoms with Crippen LogP contribution < -0.4 is 5.32 Å². The second-order valence-corrected chi connectivity index (χ2v) is 6.66. The van der Waals surface area contributed by atoms with Crippen LogP contribution in [0, 0.1) is 0 Å². The van der Waals surface area contributed by atoms with E-state index in [1.807, 2.05) is 6.07 Å². The first-order valence-electron chi connectivity index (χ1n) is 7.68. The molecular formula is C18H21NOS. The van der Waals surface area contributed by atoms with Crippen molar-refractivity contribution in [2.24, 2.45) is 0 Å². The molecule has 1 aliphatic rings. The minimum Gasteiger partial charge on any atom is -0.348 e. The summed E-state index contributed by atoms with van der Waals surface area (Å²) < 4.78 is 0. The fraction of sp³-hybridized carbons (Fsp3) is 0.389. The topological polar surface area (TPSA) is 29.1 Å². The number of rotatable bonds is 5. The van der Waals surface area contributed by atoms with E-state index in [4.69, 9.17) is 0 Å². The molecule has 0 fully saturated rings. The quantitative estimate of drug-likeness (QED) is 0.869. The zero-order chi connectivity index (χ0) is 14.7. The molecule has 2 aromatic rings. The lowest BCUT2D eigenvalue weighted by Gasteiger charge is -2.17. The molecule has 1 amide bonds. The van der Waals surface area contributed by atoms with Crippen molar-refractivity contribution < 1.29 is 4.79 Å². The van der Waals surface area contributed by atoms with Crippen LogP contribution in [0.3, 0.4) is 0 Å². The minimum atomic E-state index is 0.161. The summed E-state index contributed by atoms with van der Waals surface area (Å²) in [5, 5.41) is 5.27. The molecule has 21 heavy (non-hydrogen) atoms. The van der Waals surface area contributed by atoms with E-state index in [2.05, 4.69) is 48.0 Å². The van der Waals surface area contributed by atoms with Crippen molar-refractivity contribution in [1.82, 2.24) is 5.32 Å². The summed E-state index contributed by atoms with van der Waals surface area (Å²) in [4.78, 5) is 13.6. The Morgan fingerprint density at radius 2 is 2.19 bits per heavy atom. The molecule has 0 spiro atoms. The Morgan fingerprint density at radius 3 is 2.95 bits per heavy atom. The minimum absolute atomic E-state index is 0.161. The molecule has 2 nitrogen and oxygen atoms in total. The second-order valence-electron chi connectivity index (χ2n) is 5.68. The molecule has 1 N–H and O–H groups in total. The van der Waals surface area contributed by atoms with E-state index in [0.717, 1.165) is 19.3 Å². The van der Waals surface area contributed by atoms with Crippen LogP contribution >= 0.6 is 11.3 Å². The fourth-order valence-corrected chi connectivity index (χ4v) is 4.06. The molecule has 0 aliphatic heterocycles. The molecular weight excluding hydrogens is 278 g/mol. The first-order valence-corrected chi connectivity index (χ1v) is 8.56. The molecule has 2 atom stereocenters. The Bertz CT molecular complexity index is 605. The summed E-state index contributed by atoms with van der Waals surface area (Å²) in [6, 6.07) is 12.8. The van der Waals surface area contributed by atoms with Gasteiger partial charge in [-0.2, -0.15) is 0 Å². The maximum absolute atomic E-state index is 12.4. The van der Waals surface area contributed by atoms with E-state index in [1.54, 1.807) is 11.3 Å². The maximum Gasteiger partial charge on any atom is 0.221 e. The van der Waals surface area contributed by atoms with Gasteiger partial charge >= 0.3 is 0 Å². The van der Waals surface area contributed by atoms with Gasteiger partial charge in [0.15, 0.2) is 0 Å². The first-order chi connectivity index (χ1) is 10.3. The number of thiophene rings is 1. The molecule has 0 saturated carbocycles. The van der Waals surface area contributed by atoms with E-state index in [-0.39, 0.29) is 11.9 Å². The highest BCUT2D eigenvalue weighted by Crippen LogP contribution is 2.35. The van der Waals surface area contributed by atoms with Crippen molar-refractivity contribution >= 4 is 17.2 Å². The van der Waals surface area contributed by atoms with Crippen molar-refractivity contribution in [3.63, 3.8) is 0 Å². The molecule has 3 heteroatoms. The molecule has 1 aromatic carbocycles. The fourth-order valence-electron chi connectivity index (χ4n) is 3.20. The van der Waals surface area contributed by atoms with Gasteiger partial charge in [-0.05, 0) is 47.8 Å². The first kappa shape index (κ1) is 14.3. The Morgan fingerprint density at radius 1 is 1.33 bits per heavy atom. The second kappa shape index (κ2) is 6.44. The average molecular weight is 299 g/mol. The number of hydrogen-bond donors (Lipinski definition) is 1. The SMILES string of the molecule is CCC(NC(=O)CC1CCc2ccccc21)c1cccs1. The molecule has 2 unspecified atom stereocenters. The van der Waals surface area contributed by atoms with E-state index in [9.17, 15) is 4.79 Å². The predicted molar refractivity (Wildman–Crippen MR) is 87.6 cm³/mol. The van der Waals surface area contributed by atoms with Crippen LogP contribution in [0.2, 0.25) is 0 Å². The Kier molecular flexibility index (Phi) is 4.39. The standard InChI is InChI=1S/C18H21NOS/c1-2-16(17-8-5-11-21-17)19-18(20)12-14-10-9-13-6-3-4-7-15(13)14/h3-8,11,14,16H,2,9-10,12H2,1H3,(H,19,20). The Labute approximate surface area is 130 Å². The summed E-state index contributed by atoms with van der Waals surface area (Å²) in [6.07, 6.45) is 3.76. The van der Waals surface area contributed by atoms with E-state index in [0.29, 0.717) is 12.3 Å². The van der Waals surface area contributed by atoms with Gasteiger partial charge in [0.2, 0.25) is 5.91 Å². The average Bonchev–Trinajstić information content (AvgIpc) is 3.15. The largest absolute Gasteiger partial charge is 0.348 e. The van der Waals surface area contributed by atoms with Crippen molar-refractivity contribution in [2.45, 2.75) is 44.6 Å². The van der Waals surface area contributed by atoms with Crippen LogP contribution in [0.1, 0.15) is 54.1 Å². The number of carbonyl (C=O) groups is 1. The summed E-state index contributed by atoms with van der Waals surface area (Å²) in [6.45, 7) is 2.12. The number of carbonyl (C=O) groups excluding carboxylic acids is 1. The molecule has 0 radical (unpaired) electrons. The molecule has 3 rings (SSSR count). The lowest BCUT2D eigenvalue weighted by Crippen LogP contribution is -2.28. The maximum atomic E-state index is 12.4. The van der Waals surface area contributed by atoms with Crippen LogP contribution in [0.4, 0.5) is 0 Å². The van der Waals surface area contributed by atoms with Gasteiger partial charge in [0, 0.05) is 11.3 Å². The third-order valence-corrected chi connectivity index (χ3v) is 5.30. The van der Waals surface area contributed by atoms with Gasteiger partial charge in [0.05, 0.1) is 6.04 Å². The van der Waals surface area contributed by atoms with Gasteiger partial charge in [-0.3, -0.25) is 4.79 Å². The number of amides is 1. The highest BCUT2D eigenvalue weighted by atomic mass is 32.1. The third kappa shape index (κ3) is 3.18. The van der Waals surface area contributed by atoms with Gasteiger partial charge in [0.1, 0.15) is 0 Å². The van der Waals surface area contributed by atoms with Crippen molar-refractivity contribution in [1.29, 1.82) is 0 Å². The third-order valence-electron chi connectivity index (χ3n) is 4.32. The summed E-state index contributed by atoms with van der Waals surface area (Å²) in [7, 11) is 0. The zero-order valence-electron chi connectivity index (χ0n) is 12.3. The van der Waals surface area contributed by atoms with Gasteiger partial charge in [0.25, 0.3) is 0 Å². The molecule has 110 valence electrons. The summed E-state index contributed by atoms with van der Waals surface area (Å²) in [5.41, 5.74) is 2.79. The van der Waals surface area contributed by atoms with Crippen molar-refractivity contribution in [3.8, 4) is 0 Å². The summed E-state index contributed by atoms with van der Waals surface area (Å²) in [5.74, 6) is 0.569. The van der Waals surface area contributed by atoms with Gasteiger partial charge in [-0.1, -0.05) is 37.3 Å². The van der Waals surface area contributed by atoms with Gasteiger partial charge < -0.3 is 5.32 Å². The molecule has 1 aromatic heterocycles. The van der Waals surface area contributed by atoms with Crippen molar-refractivity contribution in [3.05, 3.63) is 57.8 Å². The van der Waals surface area contributed by atoms with Gasteiger partial charge in [-0.15, -0.1) is 11.3 Å². The Balaban J connectivity index is 1.62. The molecule has 1 aliphatic carbocycles. The van der Waals surface area contributed by atoms with Gasteiger partial charge in [-0.25, -0.2) is 0 Å². The van der Waals surface area contributed by atoms with E-state index >= 15 is 0 Å². The van der Waals surface area contributed by atoms with Crippen LogP contribution in [0.5, 0.6) is 0 Å². The monoisotopic (exact) mass is 299 g/mol. The number of benzene rings is 1. The lowest BCUT2D eigenvalue weighted by atomic mass is 9.97. The number of aryl methyl sites for hydroxylation is 1. The number of nitrogens with one attached hydrogen (secondary N) is 1. The van der Waals surface area contributed by atoms with Crippen molar-refractivity contribution in [2.75, 3.05) is 0 Å².